The lowest BCUT2D eigenvalue weighted by Crippen LogP contribution is -2.50. The highest BCUT2D eigenvalue weighted by Crippen LogP contribution is 2.31. The van der Waals surface area contributed by atoms with Crippen LogP contribution in [0.15, 0.2) is 48.5 Å². The van der Waals surface area contributed by atoms with Crippen LogP contribution in [-0.2, 0) is 11.0 Å². The molecule has 0 radical (unpaired) electrons. The lowest BCUT2D eigenvalue weighted by Gasteiger charge is -2.34. The SMILES string of the molecule is O=C1[C@H](NC2CCN(C[C@@H](O)COc3ccccc3F)CC2)CCN1c1ccc(C(F)(F)F)cc1. The molecule has 2 aliphatic heterocycles. The number of aliphatic hydroxyl groups is 1. The number of likely N-dealkylation sites (tertiary alicyclic amines) is 1. The fourth-order valence-corrected chi connectivity index (χ4v) is 4.59. The molecule has 2 aromatic rings. The molecule has 2 aromatic carbocycles. The zero-order valence-electron chi connectivity index (χ0n) is 19.2. The number of hydrogen-bond donors (Lipinski definition) is 2. The average molecular weight is 496 g/mol. The molecule has 0 unspecified atom stereocenters. The first-order valence-electron chi connectivity index (χ1n) is 11.7. The number of carbonyl (C=O) groups excluding carboxylic acids is 1. The minimum absolute atomic E-state index is 0.00449. The van der Waals surface area contributed by atoms with Gasteiger partial charge in [-0.1, -0.05) is 12.1 Å². The second-order valence-corrected chi connectivity index (χ2v) is 9.01. The number of anilines is 1. The number of piperidine rings is 1. The van der Waals surface area contributed by atoms with Gasteiger partial charge in [0.25, 0.3) is 0 Å². The Bertz CT molecular complexity index is 994. The smallest absolute Gasteiger partial charge is 0.416 e. The molecule has 0 aliphatic carbocycles. The summed E-state index contributed by atoms with van der Waals surface area (Å²) in [6.45, 7) is 2.32. The van der Waals surface area contributed by atoms with Crippen molar-refractivity contribution in [1.82, 2.24) is 10.2 Å². The summed E-state index contributed by atoms with van der Waals surface area (Å²) in [5.74, 6) is -0.487. The van der Waals surface area contributed by atoms with Crippen LogP contribution in [0, 0.1) is 5.82 Å². The van der Waals surface area contributed by atoms with E-state index in [1.807, 2.05) is 0 Å². The number of carbonyl (C=O) groups is 1. The maximum atomic E-state index is 13.6. The van der Waals surface area contributed by atoms with Gasteiger partial charge in [0.15, 0.2) is 11.6 Å². The van der Waals surface area contributed by atoms with Crippen LogP contribution in [0.3, 0.4) is 0 Å². The molecular formula is C25H29F4N3O3. The number of alkyl halides is 3. The quantitative estimate of drug-likeness (QED) is 0.550. The van der Waals surface area contributed by atoms with E-state index in [2.05, 4.69) is 10.2 Å². The number of nitrogens with zero attached hydrogens (tertiary/aromatic N) is 2. The van der Waals surface area contributed by atoms with Crippen molar-refractivity contribution < 1.29 is 32.2 Å². The predicted molar refractivity (Wildman–Crippen MR) is 123 cm³/mol. The Balaban J connectivity index is 1.20. The highest BCUT2D eigenvalue weighted by Gasteiger charge is 2.35. The monoisotopic (exact) mass is 495 g/mol. The van der Waals surface area contributed by atoms with Crippen molar-refractivity contribution in [1.29, 1.82) is 0 Å². The maximum Gasteiger partial charge on any atom is 0.416 e. The van der Waals surface area contributed by atoms with Crippen molar-refractivity contribution in [2.75, 3.05) is 37.7 Å². The average Bonchev–Trinajstić information content (AvgIpc) is 3.19. The van der Waals surface area contributed by atoms with Crippen LogP contribution >= 0.6 is 0 Å². The zero-order valence-corrected chi connectivity index (χ0v) is 19.2. The van der Waals surface area contributed by atoms with Crippen LogP contribution < -0.4 is 15.0 Å². The van der Waals surface area contributed by atoms with Gasteiger partial charge in [-0.2, -0.15) is 13.2 Å². The zero-order chi connectivity index (χ0) is 25.0. The van der Waals surface area contributed by atoms with Gasteiger partial charge in [-0.15, -0.1) is 0 Å². The molecule has 6 nitrogen and oxygen atoms in total. The Morgan fingerprint density at radius 3 is 2.37 bits per heavy atom. The fraction of sp³-hybridized carbons (Fsp3) is 0.480. The minimum Gasteiger partial charge on any atom is -0.488 e. The van der Waals surface area contributed by atoms with Crippen molar-refractivity contribution >= 4 is 11.6 Å². The Labute approximate surface area is 201 Å². The molecule has 0 aromatic heterocycles. The standard InChI is InChI=1S/C25H29F4N3O3/c26-21-3-1-2-4-23(21)35-16-20(33)15-31-12-9-18(10-13-31)30-22-11-14-32(24(22)34)19-7-5-17(6-8-19)25(27,28)29/h1-8,18,20,22,30,33H,9-16H2/t20-,22-/m1/s1. The number of para-hydroxylation sites is 1. The molecule has 35 heavy (non-hydrogen) atoms. The minimum atomic E-state index is -4.41. The summed E-state index contributed by atoms with van der Waals surface area (Å²) >= 11 is 0. The summed E-state index contributed by atoms with van der Waals surface area (Å²) in [6, 6.07) is 10.5. The molecule has 2 N–H and O–H groups in total. The Kier molecular flexibility index (Phi) is 7.93. The third-order valence-electron chi connectivity index (χ3n) is 6.47. The highest BCUT2D eigenvalue weighted by atomic mass is 19.4. The summed E-state index contributed by atoms with van der Waals surface area (Å²) in [4.78, 5) is 16.5. The number of rotatable bonds is 8. The summed E-state index contributed by atoms with van der Waals surface area (Å²) < 4.78 is 57.4. The molecule has 2 fully saturated rings. The van der Waals surface area contributed by atoms with Crippen molar-refractivity contribution in [2.45, 2.75) is 43.6 Å². The van der Waals surface area contributed by atoms with Gasteiger partial charge in [-0.05, 0) is 68.8 Å². The lowest BCUT2D eigenvalue weighted by molar-refractivity contribution is -0.137. The van der Waals surface area contributed by atoms with Crippen LogP contribution in [0.2, 0.25) is 0 Å². The number of β-amino-alcohol motifs (C(OH)–C–C–N with tert-alkyl or cyclic N) is 1. The number of halogens is 4. The summed E-state index contributed by atoms with van der Waals surface area (Å²) in [5, 5.41) is 13.7. The Hall–Kier alpha value is -2.69. The third kappa shape index (κ3) is 6.50. The third-order valence-corrected chi connectivity index (χ3v) is 6.47. The molecular weight excluding hydrogens is 466 g/mol. The number of ether oxygens (including phenoxy) is 1. The van der Waals surface area contributed by atoms with Crippen LogP contribution in [0.4, 0.5) is 23.2 Å². The molecule has 190 valence electrons. The van der Waals surface area contributed by atoms with E-state index in [1.165, 1.54) is 29.2 Å². The summed E-state index contributed by atoms with van der Waals surface area (Å²) in [5.41, 5.74) is -0.271. The van der Waals surface area contributed by atoms with Crippen molar-refractivity contribution in [2.24, 2.45) is 0 Å². The van der Waals surface area contributed by atoms with Gasteiger partial charge in [0, 0.05) is 24.8 Å². The first-order valence-corrected chi connectivity index (χ1v) is 11.7. The largest absolute Gasteiger partial charge is 0.488 e. The van der Waals surface area contributed by atoms with Crippen LogP contribution in [0.1, 0.15) is 24.8 Å². The second kappa shape index (κ2) is 10.9. The topological polar surface area (TPSA) is 65.0 Å². The number of aliphatic hydroxyl groups excluding tert-OH is 1. The van der Waals surface area contributed by atoms with E-state index in [-0.39, 0.29) is 30.3 Å². The predicted octanol–water partition coefficient (Wildman–Crippen LogP) is 3.44. The first kappa shape index (κ1) is 25.4. The van der Waals surface area contributed by atoms with E-state index in [0.717, 1.165) is 38.1 Å². The normalized spacial score (nSPS) is 20.9. The molecule has 2 aliphatic rings. The van der Waals surface area contributed by atoms with Gasteiger partial charge < -0.3 is 25.0 Å². The number of nitrogens with one attached hydrogen (secondary N) is 1. The van der Waals surface area contributed by atoms with Crippen molar-refractivity contribution in [3.63, 3.8) is 0 Å². The van der Waals surface area contributed by atoms with Crippen LogP contribution in [0.5, 0.6) is 5.75 Å². The van der Waals surface area contributed by atoms with E-state index in [4.69, 9.17) is 4.74 Å². The summed E-state index contributed by atoms with van der Waals surface area (Å²) in [6.07, 6.45) is -2.98. The molecule has 2 heterocycles. The molecule has 1 amide bonds. The number of amides is 1. The van der Waals surface area contributed by atoms with Gasteiger partial charge >= 0.3 is 6.18 Å². The number of benzene rings is 2. The maximum absolute atomic E-state index is 13.6. The molecule has 10 heteroatoms. The van der Waals surface area contributed by atoms with Crippen molar-refractivity contribution in [3.05, 3.63) is 59.9 Å². The second-order valence-electron chi connectivity index (χ2n) is 9.01. The van der Waals surface area contributed by atoms with Crippen LogP contribution in [-0.4, -0.2) is 66.9 Å². The highest BCUT2D eigenvalue weighted by molar-refractivity contribution is 5.99. The van der Waals surface area contributed by atoms with E-state index in [1.54, 1.807) is 12.1 Å². The van der Waals surface area contributed by atoms with Gasteiger partial charge in [0.05, 0.1) is 11.6 Å². The van der Waals surface area contributed by atoms with E-state index < -0.39 is 23.7 Å². The van der Waals surface area contributed by atoms with Crippen molar-refractivity contribution in [3.8, 4) is 5.75 Å². The van der Waals surface area contributed by atoms with E-state index in [9.17, 15) is 27.5 Å². The molecule has 0 spiro atoms. The van der Waals surface area contributed by atoms with Crippen LogP contribution in [0.25, 0.3) is 0 Å². The molecule has 0 bridgehead atoms. The summed E-state index contributed by atoms with van der Waals surface area (Å²) in [7, 11) is 0. The van der Waals surface area contributed by atoms with Gasteiger partial charge in [0.1, 0.15) is 12.7 Å². The van der Waals surface area contributed by atoms with E-state index in [0.29, 0.717) is 25.2 Å². The molecule has 4 rings (SSSR count). The first-order chi connectivity index (χ1) is 16.7. The molecule has 2 atom stereocenters. The Morgan fingerprint density at radius 2 is 1.71 bits per heavy atom. The Morgan fingerprint density at radius 1 is 1.03 bits per heavy atom. The van der Waals surface area contributed by atoms with E-state index >= 15 is 0 Å². The van der Waals surface area contributed by atoms with Gasteiger partial charge in [0.2, 0.25) is 5.91 Å². The lowest BCUT2D eigenvalue weighted by atomic mass is 10.0. The fourth-order valence-electron chi connectivity index (χ4n) is 4.59. The van der Waals surface area contributed by atoms with Gasteiger partial charge in [-0.25, -0.2) is 4.39 Å². The van der Waals surface area contributed by atoms with Gasteiger partial charge in [-0.3, -0.25) is 4.79 Å². The molecule has 2 saturated heterocycles. The molecule has 0 saturated carbocycles. The number of hydrogen-bond acceptors (Lipinski definition) is 5.